The molecule has 3 aromatic rings. The number of nitrogens with one attached hydrogen (secondary N) is 1. The van der Waals surface area contributed by atoms with Crippen LogP contribution in [0, 0.1) is 24.6 Å². The van der Waals surface area contributed by atoms with E-state index in [0.717, 1.165) is 12.0 Å². The van der Waals surface area contributed by atoms with E-state index in [-0.39, 0.29) is 23.7 Å². The van der Waals surface area contributed by atoms with Crippen molar-refractivity contribution in [2.45, 2.75) is 19.4 Å². The third kappa shape index (κ3) is 4.53. The largest absolute Gasteiger partial charge is 0.497 e. The van der Waals surface area contributed by atoms with E-state index in [1.54, 1.807) is 31.4 Å². The van der Waals surface area contributed by atoms with Gasteiger partial charge in [-0.3, -0.25) is 9.59 Å². The summed E-state index contributed by atoms with van der Waals surface area (Å²) in [6.45, 7) is 2.95. The fraction of sp³-hybridized carbons (Fsp3) is 0.310. The molecule has 0 unspecified atom stereocenters. The van der Waals surface area contributed by atoms with Crippen molar-refractivity contribution in [2.24, 2.45) is 11.8 Å². The number of carbonyl (C=O) groups is 2. The SMILES string of the molecule is COc1ccc(OC)c(C(=O)NC[C@@H]2[C@@H]3C[C@@H]3CN2C(=O)c2ccc(C)cc2-c2cccc(F)c2)c1. The minimum atomic E-state index is -0.344. The Morgan fingerprint density at radius 1 is 1.03 bits per heavy atom. The quantitative estimate of drug-likeness (QED) is 0.523. The summed E-state index contributed by atoms with van der Waals surface area (Å²) in [6, 6.07) is 16.9. The second-order valence-electron chi connectivity index (χ2n) is 9.52. The molecule has 2 fully saturated rings. The Labute approximate surface area is 210 Å². The number of nitrogens with zero attached hydrogens (tertiary/aromatic N) is 1. The number of benzene rings is 3. The maximum Gasteiger partial charge on any atom is 0.255 e. The van der Waals surface area contributed by atoms with Gasteiger partial charge in [-0.2, -0.15) is 0 Å². The van der Waals surface area contributed by atoms with Crippen LogP contribution in [0.15, 0.2) is 60.7 Å². The number of halogens is 1. The molecule has 1 saturated carbocycles. The topological polar surface area (TPSA) is 67.9 Å². The first-order valence-corrected chi connectivity index (χ1v) is 12.1. The van der Waals surface area contributed by atoms with Crippen molar-refractivity contribution in [3.63, 3.8) is 0 Å². The Morgan fingerprint density at radius 3 is 2.61 bits per heavy atom. The number of ether oxygens (including phenoxy) is 2. The van der Waals surface area contributed by atoms with Gasteiger partial charge in [-0.05, 0) is 72.7 Å². The van der Waals surface area contributed by atoms with E-state index in [1.165, 1.54) is 19.2 Å². The lowest BCUT2D eigenvalue weighted by Gasteiger charge is -2.29. The number of rotatable bonds is 7. The average molecular weight is 489 g/mol. The highest BCUT2D eigenvalue weighted by Gasteiger charge is 2.54. The number of amides is 2. The highest BCUT2D eigenvalue weighted by molar-refractivity contribution is 6.01. The summed E-state index contributed by atoms with van der Waals surface area (Å²) in [5, 5.41) is 3.01. The highest BCUT2D eigenvalue weighted by atomic mass is 19.1. The summed E-state index contributed by atoms with van der Waals surface area (Å²) in [7, 11) is 3.06. The van der Waals surface area contributed by atoms with E-state index in [1.807, 2.05) is 36.1 Å². The average Bonchev–Trinajstić information content (AvgIpc) is 3.57. The van der Waals surface area contributed by atoms with E-state index in [4.69, 9.17) is 9.47 Å². The van der Waals surface area contributed by atoms with Gasteiger partial charge >= 0.3 is 0 Å². The van der Waals surface area contributed by atoms with Crippen LogP contribution in [-0.2, 0) is 0 Å². The first-order valence-electron chi connectivity index (χ1n) is 12.1. The van der Waals surface area contributed by atoms with Gasteiger partial charge in [-0.1, -0.05) is 29.8 Å². The molecule has 0 radical (unpaired) electrons. The van der Waals surface area contributed by atoms with Gasteiger partial charge in [0.25, 0.3) is 11.8 Å². The van der Waals surface area contributed by atoms with Crippen molar-refractivity contribution in [3.05, 3.63) is 83.2 Å². The van der Waals surface area contributed by atoms with Crippen LogP contribution >= 0.6 is 0 Å². The zero-order valence-corrected chi connectivity index (χ0v) is 20.6. The molecule has 0 bridgehead atoms. The number of hydrogen-bond acceptors (Lipinski definition) is 4. The van der Waals surface area contributed by atoms with Gasteiger partial charge in [0.2, 0.25) is 0 Å². The lowest BCUT2D eigenvalue weighted by Crippen LogP contribution is -2.45. The van der Waals surface area contributed by atoms with Crippen molar-refractivity contribution in [2.75, 3.05) is 27.3 Å². The first kappa shape index (κ1) is 23.9. The summed E-state index contributed by atoms with van der Waals surface area (Å²) in [6.07, 6.45) is 1.05. The molecule has 7 heteroatoms. The Morgan fingerprint density at radius 2 is 1.86 bits per heavy atom. The van der Waals surface area contributed by atoms with Crippen LogP contribution < -0.4 is 14.8 Å². The normalized spacial score (nSPS) is 20.0. The Balaban J connectivity index is 1.37. The van der Waals surface area contributed by atoms with Crippen LogP contribution in [0.2, 0.25) is 0 Å². The van der Waals surface area contributed by atoms with Crippen molar-refractivity contribution in [1.82, 2.24) is 10.2 Å². The molecule has 1 aliphatic heterocycles. The maximum absolute atomic E-state index is 14.0. The summed E-state index contributed by atoms with van der Waals surface area (Å²) >= 11 is 0. The van der Waals surface area contributed by atoms with Crippen molar-refractivity contribution < 1.29 is 23.5 Å². The third-order valence-electron chi connectivity index (χ3n) is 7.23. The summed E-state index contributed by atoms with van der Waals surface area (Å²) in [5.41, 5.74) is 3.29. The highest BCUT2D eigenvalue weighted by Crippen LogP contribution is 2.50. The standard InChI is InChI=1S/C29H29FN2O4/c1-17-7-9-22(23(11-17)18-5-4-6-20(30)12-18)29(34)32-16-19-13-24(19)26(32)15-31-28(33)25-14-21(35-2)8-10-27(25)36-3/h4-12,14,19,24,26H,13,15-16H2,1-3H3,(H,31,33)/t19-,24-,26-/m1/s1. The Kier molecular flexibility index (Phi) is 6.39. The van der Waals surface area contributed by atoms with E-state index >= 15 is 0 Å². The van der Waals surface area contributed by atoms with Crippen LogP contribution in [0.3, 0.4) is 0 Å². The minimum absolute atomic E-state index is 0.0975. The molecule has 6 nitrogen and oxygen atoms in total. The monoisotopic (exact) mass is 488 g/mol. The number of fused-ring (bicyclic) bond motifs is 1. The van der Waals surface area contributed by atoms with Gasteiger partial charge in [-0.15, -0.1) is 0 Å². The van der Waals surface area contributed by atoms with Gasteiger partial charge in [0.05, 0.1) is 25.8 Å². The maximum atomic E-state index is 14.0. The molecule has 1 saturated heterocycles. The fourth-order valence-electron chi connectivity index (χ4n) is 5.24. The van der Waals surface area contributed by atoms with Gasteiger partial charge in [0.15, 0.2) is 0 Å². The van der Waals surface area contributed by atoms with Crippen LogP contribution in [0.5, 0.6) is 11.5 Å². The van der Waals surface area contributed by atoms with Crippen LogP contribution in [-0.4, -0.2) is 50.1 Å². The lowest BCUT2D eigenvalue weighted by atomic mass is 9.96. The van der Waals surface area contributed by atoms with E-state index in [9.17, 15) is 14.0 Å². The zero-order chi connectivity index (χ0) is 25.4. The molecule has 186 valence electrons. The predicted octanol–water partition coefficient (Wildman–Crippen LogP) is 4.71. The number of carbonyl (C=O) groups excluding carboxylic acids is 2. The molecule has 2 amide bonds. The molecule has 3 atom stereocenters. The van der Waals surface area contributed by atoms with E-state index in [0.29, 0.717) is 58.7 Å². The molecule has 1 aliphatic carbocycles. The Bertz CT molecular complexity index is 1320. The van der Waals surface area contributed by atoms with Crippen LogP contribution in [0.25, 0.3) is 11.1 Å². The number of aryl methyl sites for hydroxylation is 1. The summed E-state index contributed by atoms with van der Waals surface area (Å²) in [4.78, 5) is 28.7. The van der Waals surface area contributed by atoms with Gasteiger partial charge in [0, 0.05) is 18.7 Å². The molecule has 5 rings (SSSR count). The van der Waals surface area contributed by atoms with Gasteiger partial charge in [-0.25, -0.2) is 4.39 Å². The molecular weight excluding hydrogens is 459 g/mol. The number of piperidine rings is 1. The zero-order valence-electron chi connectivity index (χ0n) is 20.6. The molecule has 2 aliphatic rings. The van der Waals surface area contributed by atoms with Crippen molar-refractivity contribution >= 4 is 11.8 Å². The third-order valence-corrected chi connectivity index (χ3v) is 7.23. The molecule has 0 spiro atoms. The Hall–Kier alpha value is -3.87. The molecule has 36 heavy (non-hydrogen) atoms. The molecule has 1 N–H and O–H groups in total. The van der Waals surface area contributed by atoms with Crippen molar-refractivity contribution in [1.29, 1.82) is 0 Å². The molecule has 3 aromatic carbocycles. The number of likely N-dealkylation sites (tertiary alicyclic amines) is 1. The van der Waals surface area contributed by atoms with E-state index in [2.05, 4.69) is 5.32 Å². The second kappa shape index (κ2) is 9.64. The predicted molar refractivity (Wildman–Crippen MR) is 135 cm³/mol. The smallest absolute Gasteiger partial charge is 0.255 e. The number of methoxy groups -OCH3 is 2. The lowest BCUT2D eigenvalue weighted by molar-refractivity contribution is 0.0695. The summed E-state index contributed by atoms with van der Waals surface area (Å²) < 4.78 is 24.6. The molecular formula is C29H29FN2O4. The number of hydrogen-bond donors (Lipinski definition) is 1. The minimum Gasteiger partial charge on any atom is -0.497 e. The fourth-order valence-corrected chi connectivity index (χ4v) is 5.24. The molecule has 1 heterocycles. The van der Waals surface area contributed by atoms with E-state index < -0.39 is 0 Å². The van der Waals surface area contributed by atoms with Crippen molar-refractivity contribution in [3.8, 4) is 22.6 Å². The molecule has 0 aromatic heterocycles. The van der Waals surface area contributed by atoms with Gasteiger partial charge < -0.3 is 19.7 Å². The second-order valence-corrected chi connectivity index (χ2v) is 9.52. The van der Waals surface area contributed by atoms with Crippen LogP contribution in [0.4, 0.5) is 4.39 Å². The van der Waals surface area contributed by atoms with Crippen LogP contribution in [0.1, 0.15) is 32.7 Å². The van der Waals surface area contributed by atoms with Gasteiger partial charge in [0.1, 0.15) is 17.3 Å². The first-order chi connectivity index (χ1) is 17.4. The summed E-state index contributed by atoms with van der Waals surface area (Å²) in [5.74, 6) is 1.11.